The van der Waals surface area contributed by atoms with Crippen LogP contribution in [-0.2, 0) is 6.42 Å². The summed E-state index contributed by atoms with van der Waals surface area (Å²) in [4.78, 5) is 9.86. The Morgan fingerprint density at radius 2 is 2.13 bits per heavy atom. The van der Waals surface area contributed by atoms with Crippen LogP contribution in [0.25, 0.3) is 0 Å². The molecule has 0 aliphatic heterocycles. The number of nitriles is 2. The summed E-state index contributed by atoms with van der Waals surface area (Å²) in [5.41, 5.74) is -0.431. The molecule has 0 aromatic heterocycles. The summed E-state index contributed by atoms with van der Waals surface area (Å²) in [6.45, 7) is 0. The molecule has 0 unspecified atom stereocenters. The molecule has 0 saturated heterocycles. The highest BCUT2D eigenvalue weighted by atomic mass is 16.6. The van der Waals surface area contributed by atoms with Crippen LogP contribution in [0.4, 0.5) is 5.69 Å². The fourth-order valence-electron chi connectivity index (χ4n) is 1.17. The summed E-state index contributed by atoms with van der Waals surface area (Å²) in [5.74, 6) is -0.361. The van der Waals surface area contributed by atoms with E-state index in [9.17, 15) is 10.1 Å². The normalized spacial score (nSPS) is 8.93. The summed E-state index contributed by atoms with van der Waals surface area (Å²) >= 11 is 0. The molecule has 1 aromatic rings. The monoisotopic (exact) mass is 203 g/mol. The average molecular weight is 203 g/mol. The average Bonchev–Trinajstić information content (AvgIpc) is 2.19. The highest BCUT2D eigenvalue weighted by Gasteiger charge is 2.19. The second kappa shape index (κ2) is 4.07. The standard InChI is InChI=1S/C9H5N3O3/c10-2-1-8-6(5-11)3-7(13)4-9(8)12(14)15/h3-4,13H,1H2. The number of aromatic hydroxyl groups is 1. The Kier molecular flexibility index (Phi) is 2.85. The maximum atomic E-state index is 10.6. The first-order valence-electron chi connectivity index (χ1n) is 3.87. The molecular weight excluding hydrogens is 198 g/mol. The van der Waals surface area contributed by atoms with E-state index < -0.39 is 10.6 Å². The van der Waals surface area contributed by atoms with Crippen LogP contribution in [0.1, 0.15) is 11.1 Å². The van der Waals surface area contributed by atoms with Crippen LogP contribution in [0.3, 0.4) is 0 Å². The van der Waals surface area contributed by atoms with E-state index in [2.05, 4.69) is 0 Å². The smallest absolute Gasteiger partial charge is 0.278 e. The zero-order chi connectivity index (χ0) is 11.4. The minimum Gasteiger partial charge on any atom is -0.508 e. The van der Waals surface area contributed by atoms with Gasteiger partial charge in [-0.15, -0.1) is 0 Å². The van der Waals surface area contributed by atoms with Crippen molar-refractivity contribution in [2.45, 2.75) is 6.42 Å². The van der Waals surface area contributed by atoms with E-state index in [1.54, 1.807) is 12.1 Å². The molecule has 1 aromatic carbocycles. The SMILES string of the molecule is N#CCc1c(C#N)cc(O)cc1[N+](=O)[O-]. The second-order valence-electron chi connectivity index (χ2n) is 2.69. The lowest BCUT2D eigenvalue weighted by Gasteiger charge is -2.01. The van der Waals surface area contributed by atoms with Crippen LogP contribution < -0.4 is 0 Å². The fraction of sp³-hybridized carbons (Fsp3) is 0.111. The largest absolute Gasteiger partial charge is 0.508 e. The first kappa shape index (κ1) is 10.5. The number of nitrogens with zero attached hydrogens (tertiary/aromatic N) is 3. The van der Waals surface area contributed by atoms with Crippen molar-refractivity contribution >= 4 is 5.69 Å². The van der Waals surface area contributed by atoms with Gasteiger partial charge in [-0.3, -0.25) is 10.1 Å². The third-order valence-corrected chi connectivity index (χ3v) is 1.78. The first-order valence-corrected chi connectivity index (χ1v) is 3.87. The molecule has 1 rings (SSSR count). The topological polar surface area (TPSA) is 111 Å². The van der Waals surface area contributed by atoms with Gasteiger partial charge in [0.15, 0.2) is 0 Å². The third kappa shape index (κ3) is 2.01. The molecule has 1 N–H and O–H groups in total. The number of hydrogen-bond donors (Lipinski definition) is 1. The van der Waals surface area contributed by atoms with Crippen LogP contribution in [0.5, 0.6) is 5.75 Å². The summed E-state index contributed by atoms with van der Waals surface area (Å²) in [5, 5.41) is 36.9. The fourth-order valence-corrected chi connectivity index (χ4v) is 1.17. The lowest BCUT2D eigenvalue weighted by molar-refractivity contribution is -0.385. The van der Waals surface area contributed by atoms with Gasteiger partial charge in [0.1, 0.15) is 5.75 Å². The molecule has 0 heterocycles. The molecule has 0 saturated carbocycles. The van der Waals surface area contributed by atoms with Crippen molar-refractivity contribution in [1.82, 2.24) is 0 Å². The van der Waals surface area contributed by atoms with Crippen LogP contribution in [0.15, 0.2) is 12.1 Å². The second-order valence-corrected chi connectivity index (χ2v) is 2.69. The first-order chi connectivity index (χ1) is 7.10. The van der Waals surface area contributed by atoms with Gasteiger partial charge in [0.25, 0.3) is 5.69 Å². The van der Waals surface area contributed by atoms with Crippen molar-refractivity contribution in [1.29, 1.82) is 10.5 Å². The van der Waals surface area contributed by atoms with E-state index in [4.69, 9.17) is 15.6 Å². The highest BCUT2D eigenvalue weighted by molar-refractivity contribution is 5.56. The molecular formula is C9H5N3O3. The van der Waals surface area contributed by atoms with Gasteiger partial charge in [0.2, 0.25) is 0 Å². The minimum atomic E-state index is -0.729. The van der Waals surface area contributed by atoms with Crippen molar-refractivity contribution in [3.05, 3.63) is 33.4 Å². The number of nitro groups is 1. The molecule has 74 valence electrons. The van der Waals surface area contributed by atoms with Gasteiger partial charge in [0, 0.05) is 0 Å². The van der Waals surface area contributed by atoms with Gasteiger partial charge in [-0.1, -0.05) is 0 Å². The van der Waals surface area contributed by atoms with Gasteiger partial charge in [-0.05, 0) is 6.07 Å². The van der Waals surface area contributed by atoms with Gasteiger partial charge in [-0.25, -0.2) is 0 Å². The van der Waals surface area contributed by atoms with Crippen molar-refractivity contribution in [2.75, 3.05) is 0 Å². The Morgan fingerprint density at radius 3 is 2.60 bits per heavy atom. The maximum absolute atomic E-state index is 10.6. The molecule has 6 heteroatoms. The van der Waals surface area contributed by atoms with Crippen LogP contribution in [-0.4, -0.2) is 10.0 Å². The third-order valence-electron chi connectivity index (χ3n) is 1.78. The number of hydrogen-bond acceptors (Lipinski definition) is 5. The Balaban J connectivity index is 3.50. The number of rotatable bonds is 2. The summed E-state index contributed by atoms with van der Waals surface area (Å²) in [6, 6.07) is 5.46. The lowest BCUT2D eigenvalue weighted by Crippen LogP contribution is -1.98. The molecule has 0 amide bonds. The van der Waals surface area contributed by atoms with Crippen molar-refractivity contribution in [3.8, 4) is 17.9 Å². The number of phenolic OH excluding ortho intramolecular Hbond substituents is 1. The summed E-state index contributed by atoms with van der Waals surface area (Å²) in [6.07, 6.45) is -0.237. The number of benzene rings is 1. The lowest BCUT2D eigenvalue weighted by atomic mass is 10.0. The van der Waals surface area contributed by atoms with E-state index in [0.717, 1.165) is 12.1 Å². The summed E-state index contributed by atoms with van der Waals surface area (Å²) < 4.78 is 0. The predicted octanol–water partition coefficient (Wildman–Crippen LogP) is 1.24. The molecule has 0 atom stereocenters. The Labute approximate surface area is 84.8 Å². The van der Waals surface area contributed by atoms with Gasteiger partial charge in [0.05, 0.1) is 40.7 Å². The zero-order valence-corrected chi connectivity index (χ0v) is 7.47. The predicted molar refractivity (Wildman–Crippen MR) is 48.8 cm³/mol. The molecule has 15 heavy (non-hydrogen) atoms. The van der Waals surface area contributed by atoms with E-state index in [-0.39, 0.29) is 23.3 Å². The van der Waals surface area contributed by atoms with Gasteiger partial charge < -0.3 is 5.11 Å². The zero-order valence-electron chi connectivity index (χ0n) is 7.47. The molecule has 0 spiro atoms. The van der Waals surface area contributed by atoms with Crippen molar-refractivity contribution in [2.24, 2.45) is 0 Å². The minimum absolute atomic E-state index is 0.0304. The van der Waals surface area contributed by atoms with E-state index in [0.29, 0.717) is 0 Å². The Morgan fingerprint density at radius 1 is 1.47 bits per heavy atom. The van der Waals surface area contributed by atoms with E-state index >= 15 is 0 Å². The van der Waals surface area contributed by atoms with E-state index in [1.165, 1.54) is 0 Å². The van der Waals surface area contributed by atoms with Crippen LogP contribution in [0.2, 0.25) is 0 Å². The van der Waals surface area contributed by atoms with Crippen LogP contribution in [0, 0.1) is 32.8 Å². The van der Waals surface area contributed by atoms with E-state index in [1.807, 2.05) is 0 Å². The Bertz CT molecular complexity index is 497. The molecule has 0 radical (unpaired) electrons. The molecule has 0 aliphatic carbocycles. The van der Waals surface area contributed by atoms with Crippen LogP contribution >= 0.6 is 0 Å². The maximum Gasteiger partial charge on any atom is 0.278 e. The van der Waals surface area contributed by atoms with Gasteiger partial charge in [-0.2, -0.15) is 10.5 Å². The number of nitro benzene ring substituents is 1. The van der Waals surface area contributed by atoms with Crippen molar-refractivity contribution in [3.63, 3.8) is 0 Å². The molecule has 0 fully saturated rings. The Hall–Kier alpha value is -2.60. The molecule has 0 aliphatic rings. The van der Waals surface area contributed by atoms with Crippen molar-refractivity contribution < 1.29 is 10.0 Å². The quantitative estimate of drug-likeness (QED) is 0.574. The number of phenols is 1. The summed E-state index contributed by atoms with van der Waals surface area (Å²) in [7, 11) is 0. The highest BCUT2D eigenvalue weighted by Crippen LogP contribution is 2.27. The van der Waals surface area contributed by atoms with Gasteiger partial charge >= 0.3 is 0 Å². The molecule has 0 bridgehead atoms. The molecule has 6 nitrogen and oxygen atoms in total.